The van der Waals surface area contributed by atoms with Gasteiger partial charge in [-0.05, 0) is 24.4 Å². The second-order valence-electron chi connectivity index (χ2n) is 4.41. The van der Waals surface area contributed by atoms with Crippen LogP contribution in [-0.2, 0) is 14.8 Å². The Balaban J connectivity index is 2.64. The van der Waals surface area contributed by atoms with Gasteiger partial charge in [0, 0.05) is 33.9 Å². The summed E-state index contributed by atoms with van der Waals surface area (Å²) in [6, 6.07) is 0. The highest BCUT2D eigenvalue weighted by molar-refractivity contribution is 7.89. The molecule has 0 bridgehead atoms. The molecule has 0 aliphatic rings. The Morgan fingerprint density at radius 1 is 1.40 bits per heavy atom. The number of ether oxygens (including phenoxy) is 1. The van der Waals surface area contributed by atoms with Gasteiger partial charge in [-0.15, -0.1) is 0 Å². The Bertz CT molecular complexity index is 514. The summed E-state index contributed by atoms with van der Waals surface area (Å²) < 4.78 is 34.7. The molecule has 9 heteroatoms. The van der Waals surface area contributed by atoms with Crippen LogP contribution < -0.4 is 11.1 Å². The zero-order valence-electron chi connectivity index (χ0n) is 12.0. The number of hydrogen-bond acceptors (Lipinski definition) is 7. The van der Waals surface area contributed by atoms with E-state index < -0.39 is 10.0 Å². The maximum absolute atomic E-state index is 12.2. The van der Waals surface area contributed by atoms with Crippen molar-refractivity contribution in [2.45, 2.75) is 24.7 Å². The average Bonchev–Trinajstić information content (AvgIpc) is 2.75. The molecule has 0 unspecified atom stereocenters. The molecule has 0 spiro atoms. The van der Waals surface area contributed by atoms with Crippen LogP contribution in [0, 0.1) is 0 Å². The number of sulfonamides is 1. The zero-order chi connectivity index (χ0) is 15.2. The third-order valence-electron chi connectivity index (χ3n) is 2.51. The highest BCUT2D eigenvalue weighted by Crippen LogP contribution is 2.32. The second kappa shape index (κ2) is 7.77. The Hall–Kier alpha value is -0.900. The summed E-state index contributed by atoms with van der Waals surface area (Å²) in [4.78, 5) is 0.0574. The number of rotatable bonds is 9. The van der Waals surface area contributed by atoms with E-state index in [-0.39, 0.29) is 10.7 Å². The van der Waals surface area contributed by atoms with E-state index in [2.05, 4.69) is 16.6 Å². The molecule has 20 heavy (non-hydrogen) atoms. The van der Waals surface area contributed by atoms with Crippen molar-refractivity contribution in [3.63, 3.8) is 0 Å². The fraction of sp³-hybridized carbons (Fsp3) is 0.727. The van der Waals surface area contributed by atoms with Crippen molar-refractivity contribution < 1.29 is 13.2 Å². The third kappa shape index (κ3) is 4.30. The topological polar surface area (TPSA) is 97.5 Å². The molecule has 0 saturated heterocycles. The van der Waals surface area contributed by atoms with Crippen LogP contribution in [0.3, 0.4) is 0 Å². The van der Waals surface area contributed by atoms with E-state index in [1.54, 1.807) is 0 Å². The monoisotopic (exact) mass is 322 g/mol. The van der Waals surface area contributed by atoms with Gasteiger partial charge in [0.2, 0.25) is 10.0 Å². The quantitative estimate of drug-likeness (QED) is 0.663. The van der Waals surface area contributed by atoms with E-state index in [4.69, 9.17) is 10.5 Å². The first-order valence-electron chi connectivity index (χ1n) is 6.40. The molecular formula is C11H22N4O3S2. The number of nitrogens with two attached hydrogens (primary N) is 1. The summed E-state index contributed by atoms with van der Waals surface area (Å²) >= 11 is 1.06. The minimum atomic E-state index is -3.58. The van der Waals surface area contributed by atoms with Crippen molar-refractivity contribution in [1.29, 1.82) is 0 Å². The van der Waals surface area contributed by atoms with E-state index in [1.807, 2.05) is 0 Å². The Kier molecular flexibility index (Phi) is 6.66. The van der Waals surface area contributed by atoms with Gasteiger partial charge in [-0.2, -0.15) is 4.37 Å². The molecule has 0 aliphatic heterocycles. The Morgan fingerprint density at radius 3 is 2.70 bits per heavy atom. The molecule has 0 aromatic carbocycles. The average molecular weight is 322 g/mol. The van der Waals surface area contributed by atoms with Crippen LogP contribution in [0.5, 0.6) is 0 Å². The number of nitrogens with one attached hydrogen (secondary N) is 1. The lowest BCUT2D eigenvalue weighted by atomic mass is 10.4. The van der Waals surface area contributed by atoms with Crippen LogP contribution in [0.2, 0.25) is 0 Å². The van der Waals surface area contributed by atoms with Gasteiger partial charge in [0.05, 0.1) is 0 Å². The van der Waals surface area contributed by atoms with Gasteiger partial charge in [-0.25, -0.2) is 12.7 Å². The third-order valence-corrected chi connectivity index (χ3v) is 5.35. The normalized spacial score (nSPS) is 12.0. The molecule has 1 aromatic heterocycles. The Morgan fingerprint density at radius 2 is 2.10 bits per heavy atom. The lowest BCUT2D eigenvalue weighted by Crippen LogP contribution is -2.23. The van der Waals surface area contributed by atoms with Crippen molar-refractivity contribution in [1.82, 2.24) is 8.68 Å². The summed E-state index contributed by atoms with van der Waals surface area (Å²) in [6.07, 6.45) is 1.78. The van der Waals surface area contributed by atoms with E-state index >= 15 is 0 Å². The first kappa shape index (κ1) is 17.2. The maximum atomic E-state index is 12.2. The van der Waals surface area contributed by atoms with Crippen molar-refractivity contribution in [3.05, 3.63) is 0 Å². The van der Waals surface area contributed by atoms with Gasteiger partial charge in [-0.1, -0.05) is 6.92 Å². The molecule has 1 heterocycles. The summed E-state index contributed by atoms with van der Waals surface area (Å²) in [5.74, 6) is 0.0356. The molecule has 7 nitrogen and oxygen atoms in total. The smallest absolute Gasteiger partial charge is 0.249 e. The Labute approximate surface area is 124 Å². The van der Waals surface area contributed by atoms with Crippen molar-refractivity contribution in [3.8, 4) is 0 Å². The van der Waals surface area contributed by atoms with Gasteiger partial charge >= 0.3 is 0 Å². The number of aromatic nitrogens is 1. The minimum Gasteiger partial charge on any atom is -0.382 e. The van der Waals surface area contributed by atoms with E-state index in [9.17, 15) is 8.42 Å². The van der Waals surface area contributed by atoms with Crippen LogP contribution in [0.25, 0.3) is 0 Å². The molecule has 0 atom stereocenters. The first-order valence-corrected chi connectivity index (χ1v) is 8.61. The summed E-state index contributed by atoms with van der Waals surface area (Å²) in [5, 5.41) is 3.54. The maximum Gasteiger partial charge on any atom is 0.249 e. The predicted molar refractivity (Wildman–Crippen MR) is 81.6 cm³/mol. The summed E-state index contributed by atoms with van der Waals surface area (Å²) in [6.45, 7) is 4.05. The van der Waals surface area contributed by atoms with Gasteiger partial charge < -0.3 is 15.8 Å². The van der Waals surface area contributed by atoms with Crippen LogP contribution in [0.15, 0.2) is 4.90 Å². The van der Waals surface area contributed by atoms with E-state index in [1.165, 1.54) is 14.1 Å². The SMILES string of the molecule is CCCOCCCNc1snc(N)c1S(=O)(=O)N(C)C. The summed E-state index contributed by atoms with van der Waals surface area (Å²) in [5.41, 5.74) is 5.66. The largest absolute Gasteiger partial charge is 0.382 e. The second-order valence-corrected chi connectivity index (χ2v) is 7.27. The van der Waals surface area contributed by atoms with E-state index in [0.717, 1.165) is 35.3 Å². The van der Waals surface area contributed by atoms with Crippen LogP contribution >= 0.6 is 11.5 Å². The first-order chi connectivity index (χ1) is 9.41. The highest BCUT2D eigenvalue weighted by Gasteiger charge is 2.27. The number of hydrogen-bond donors (Lipinski definition) is 2. The lowest BCUT2D eigenvalue weighted by Gasteiger charge is -2.12. The van der Waals surface area contributed by atoms with Gasteiger partial charge in [0.15, 0.2) is 10.7 Å². The standard InChI is InChI=1S/C11H22N4O3S2/c1-4-7-18-8-5-6-13-11-9(10(12)14-19-11)20(16,17)15(2)3/h13H,4-8H2,1-3H3,(H2,12,14). The molecule has 116 valence electrons. The van der Waals surface area contributed by atoms with Crippen molar-refractivity contribution >= 4 is 32.4 Å². The zero-order valence-corrected chi connectivity index (χ0v) is 13.7. The fourth-order valence-corrected chi connectivity index (χ4v) is 3.56. The predicted octanol–water partition coefficient (Wildman–Crippen LogP) is 1.20. The minimum absolute atomic E-state index is 0.0356. The fourth-order valence-electron chi connectivity index (χ4n) is 1.46. The molecule has 0 aliphatic carbocycles. The van der Waals surface area contributed by atoms with Gasteiger partial charge in [-0.3, -0.25) is 0 Å². The summed E-state index contributed by atoms with van der Waals surface area (Å²) in [7, 11) is -0.650. The van der Waals surface area contributed by atoms with Gasteiger partial charge in [0.25, 0.3) is 0 Å². The molecule has 0 fully saturated rings. The van der Waals surface area contributed by atoms with Crippen LogP contribution in [0.4, 0.5) is 10.8 Å². The molecule has 0 saturated carbocycles. The van der Waals surface area contributed by atoms with Gasteiger partial charge in [0.1, 0.15) is 5.00 Å². The van der Waals surface area contributed by atoms with E-state index in [0.29, 0.717) is 18.2 Å². The highest BCUT2D eigenvalue weighted by atomic mass is 32.2. The molecule has 0 radical (unpaired) electrons. The van der Waals surface area contributed by atoms with Crippen molar-refractivity contribution in [2.24, 2.45) is 0 Å². The van der Waals surface area contributed by atoms with Crippen LogP contribution in [-0.4, -0.2) is 51.0 Å². The molecule has 1 rings (SSSR count). The molecule has 1 aromatic rings. The number of nitrogens with zero attached hydrogens (tertiary/aromatic N) is 2. The molecular weight excluding hydrogens is 300 g/mol. The molecule has 0 amide bonds. The number of nitrogen functional groups attached to an aromatic ring is 1. The number of anilines is 2. The van der Waals surface area contributed by atoms with Crippen LogP contribution in [0.1, 0.15) is 19.8 Å². The van der Waals surface area contributed by atoms with Crippen molar-refractivity contribution in [2.75, 3.05) is 44.9 Å². The lowest BCUT2D eigenvalue weighted by molar-refractivity contribution is 0.134. The molecule has 3 N–H and O–H groups in total.